The summed E-state index contributed by atoms with van der Waals surface area (Å²) in [6, 6.07) is 58.7. The molecule has 6 aromatic rings. The lowest BCUT2D eigenvalue weighted by Crippen LogP contribution is -2.19. The van der Waals surface area contributed by atoms with Crippen molar-refractivity contribution in [2.24, 2.45) is 0 Å². The SMILES string of the molecule is Cc1ccc(P2P(c3ccc(C)cc3)P(c3ccc(C)cc3)P(c3ccc(C)cc3)P(c3ccc(C)cc3)P2c2ccc(C)cc2)cc1. The molecule has 0 spiro atoms. The van der Waals surface area contributed by atoms with Crippen molar-refractivity contribution in [1.82, 2.24) is 0 Å². The maximum Gasteiger partial charge on any atom is -0.00563 e. The quantitative estimate of drug-likeness (QED) is 0.150. The van der Waals surface area contributed by atoms with Crippen LogP contribution in [0.1, 0.15) is 33.4 Å². The van der Waals surface area contributed by atoms with Gasteiger partial charge in [0.15, 0.2) is 0 Å². The summed E-state index contributed by atoms with van der Waals surface area (Å²) in [5, 5.41) is 9.54. The van der Waals surface area contributed by atoms with Crippen molar-refractivity contribution in [3.8, 4) is 0 Å². The second-order valence-electron chi connectivity index (χ2n) is 12.7. The molecule has 240 valence electrons. The van der Waals surface area contributed by atoms with Gasteiger partial charge in [-0.3, -0.25) is 0 Å². The molecule has 0 aromatic heterocycles. The first kappa shape index (κ1) is 34.4. The van der Waals surface area contributed by atoms with Crippen molar-refractivity contribution < 1.29 is 0 Å². The zero-order valence-corrected chi connectivity index (χ0v) is 33.9. The van der Waals surface area contributed by atoms with Crippen molar-refractivity contribution in [2.75, 3.05) is 0 Å². The zero-order chi connectivity index (χ0) is 33.4. The molecule has 0 bridgehead atoms. The molecule has 6 aromatic carbocycles. The van der Waals surface area contributed by atoms with E-state index in [-0.39, 0.29) is 0 Å². The molecule has 0 N–H and O–H groups in total. The second kappa shape index (κ2) is 15.0. The van der Waals surface area contributed by atoms with Crippen LogP contribution in [0.5, 0.6) is 0 Å². The Bertz CT molecular complexity index is 1570. The van der Waals surface area contributed by atoms with Crippen LogP contribution in [0.25, 0.3) is 0 Å². The lowest BCUT2D eigenvalue weighted by Gasteiger charge is -2.53. The summed E-state index contributed by atoms with van der Waals surface area (Å²) >= 11 is 0. The summed E-state index contributed by atoms with van der Waals surface area (Å²) < 4.78 is 0. The van der Waals surface area contributed by atoms with Gasteiger partial charge in [0, 0.05) is 0 Å². The van der Waals surface area contributed by atoms with Gasteiger partial charge in [-0.25, -0.2) is 0 Å². The lowest BCUT2D eigenvalue weighted by molar-refractivity contribution is 1.49. The second-order valence-corrected chi connectivity index (χ2v) is 39.4. The predicted octanol–water partition coefficient (Wildman–Crippen LogP) is 12.2. The van der Waals surface area contributed by atoms with Gasteiger partial charge in [0.25, 0.3) is 0 Å². The first-order valence-electron chi connectivity index (χ1n) is 16.5. The Morgan fingerprint density at radius 3 is 0.396 bits per heavy atom. The number of hydrogen-bond donors (Lipinski definition) is 0. The fourth-order valence-electron chi connectivity index (χ4n) is 5.86. The summed E-state index contributed by atoms with van der Waals surface area (Å²) in [5.41, 5.74) is 8.05. The molecule has 1 saturated heterocycles. The Balaban J connectivity index is 1.61. The van der Waals surface area contributed by atoms with E-state index in [9.17, 15) is 0 Å². The summed E-state index contributed by atoms with van der Waals surface area (Å²) in [6.45, 7) is 13.4. The van der Waals surface area contributed by atoms with Crippen LogP contribution in [0, 0.1) is 41.5 Å². The maximum atomic E-state index is 2.51. The molecule has 0 saturated carbocycles. The van der Waals surface area contributed by atoms with Crippen molar-refractivity contribution in [1.29, 1.82) is 0 Å². The summed E-state index contributed by atoms with van der Waals surface area (Å²) in [4.78, 5) is 0. The van der Waals surface area contributed by atoms with Crippen LogP contribution in [0.15, 0.2) is 146 Å². The van der Waals surface area contributed by atoms with Gasteiger partial charge in [0.1, 0.15) is 0 Å². The first-order valence-corrected chi connectivity index (χ1v) is 28.8. The highest BCUT2D eigenvalue weighted by Gasteiger charge is 2.53. The Kier molecular flexibility index (Phi) is 10.8. The molecule has 0 aliphatic carbocycles. The van der Waals surface area contributed by atoms with E-state index in [4.69, 9.17) is 0 Å². The van der Waals surface area contributed by atoms with Crippen LogP contribution in [-0.2, 0) is 0 Å². The molecule has 1 aliphatic heterocycles. The molecule has 1 aliphatic rings. The molecule has 0 amide bonds. The molecule has 1 fully saturated rings. The molecule has 0 nitrogen and oxygen atoms in total. The molecule has 0 atom stereocenters. The van der Waals surface area contributed by atoms with Gasteiger partial charge in [-0.2, -0.15) is 0 Å². The van der Waals surface area contributed by atoms with Crippen molar-refractivity contribution in [3.05, 3.63) is 179 Å². The van der Waals surface area contributed by atoms with E-state index in [1.54, 1.807) is 31.8 Å². The zero-order valence-electron chi connectivity index (χ0n) is 28.5. The van der Waals surface area contributed by atoms with Gasteiger partial charge in [-0.1, -0.05) is 179 Å². The molecular formula is C42H42P6. The number of aryl methyl sites for hydroxylation is 6. The van der Waals surface area contributed by atoms with Crippen LogP contribution < -0.4 is 31.8 Å². The summed E-state index contributed by atoms with van der Waals surface area (Å²) in [5.74, 6) is 0. The van der Waals surface area contributed by atoms with E-state index in [1.807, 2.05) is 0 Å². The highest BCUT2D eigenvalue weighted by Crippen LogP contribution is 3.18. The highest BCUT2D eigenvalue weighted by atomic mass is 33.0. The fourth-order valence-corrected chi connectivity index (χ4v) is 83.5. The van der Waals surface area contributed by atoms with Gasteiger partial charge in [0.2, 0.25) is 0 Å². The molecule has 48 heavy (non-hydrogen) atoms. The monoisotopic (exact) mass is 732 g/mol. The van der Waals surface area contributed by atoms with E-state index in [1.165, 1.54) is 33.4 Å². The lowest BCUT2D eigenvalue weighted by atomic mass is 10.2. The molecule has 7 rings (SSSR count). The maximum absolute atomic E-state index is 2.51. The minimum atomic E-state index is -0.539. The van der Waals surface area contributed by atoms with Crippen molar-refractivity contribution in [2.45, 2.75) is 41.5 Å². The molecule has 6 heteroatoms. The smallest absolute Gasteiger partial charge is 0.00563 e. The van der Waals surface area contributed by atoms with E-state index in [0.29, 0.717) is 0 Å². The van der Waals surface area contributed by atoms with Gasteiger partial charge in [-0.05, 0) is 117 Å². The van der Waals surface area contributed by atoms with E-state index < -0.39 is 43.8 Å². The van der Waals surface area contributed by atoms with Gasteiger partial charge >= 0.3 is 0 Å². The summed E-state index contributed by atoms with van der Waals surface area (Å²) in [6.07, 6.45) is 0. The van der Waals surface area contributed by atoms with E-state index >= 15 is 0 Å². The Morgan fingerprint density at radius 1 is 0.188 bits per heavy atom. The normalized spacial score (nSPS) is 22.4. The van der Waals surface area contributed by atoms with Crippen LogP contribution in [-0.4, -0.2) is 0 Å². The Morgan fingerprint density at radius 2 is 0.292 bits per heavy atom. The van der Waals surface area contributed by atoms with Crippen molar-refractivity contribution >= 4 is 75.6 Å². The standard InChI is InChI=1S/C42H42P6/c1-31-7-19-37(20-8-31)43-44(38-21-9-32(2)10-22-38)46(40-25-13-34(4)14-26-40)48(42-29-17-36(6)18-30-42)47(41-27-15-35(5)16-28-41)45(43)39-23-11-33(3)12-24-39/h7-30H,1-6H3. The third-order valence-corrected chi connectivity index (χ3v) is 57.1. The van der Waals surface area contributed by atoms with Crippen LogP contribution in [0.4, 0.5) is 0 Å². The van der Waals surface area contributed by atoms with Gasteiger partial charge in [-0.15, -0.1) is 0 Å². The third kappa shape index (κ3) is 7.20. The van der Waals surface area contributed by atoms with E-state index in [0.717, 1.165) is 0 Å². The molecule has 0 unspecified atom stereocenters. The van der Waals surface area contributed by atoms with E-state index in [2.05, 4.69) is 187 Å². The topological polar surface area (TPSA) is 0 Å². The minimum absolute atomic E-state index is 0.539. The predicted molar refractivity (Wildman–Crippen MR) is 226 cm³/mol. The van der Waals surface area contributed by atoms with Crippen LogP contribution in [0.3, 0.4) is 0 Å². The average molecular weight is 733 g/mol. The molecular weight excluding hydrogens is 690 g/mol. The number of benzene rings is 6. The van der Waals surface area contributed by atoms with Crippen LogP contribution in [0.2, 0.25) is 0 Å². The van der Waals surface area contributed by atoms with Gasteiger partial charge < -0.3 is 0 Å². The third-order valence-electron chi connectivity index (χ3n) is 8.67. The summed E-state index contributed by atoms with van der Waals surface area (Å²) in [7, 11) is -3.23. The van der Waals surface area contributed by atoms with Gasteiger partial charge in [0.05, 0.1) is 0 Å². The molecule has 1 heterocycles. The fraction of sp³-hybridized carbons (Fsp3) is 0.143. The Labute approximate surface area is 294 Å². The first-order chi connectivity index (χ1) is 23.3. The highest BCUT2D eigenvalue weighted by molar-refractivity contribution is 9.13. The molecule has 0 radical (unpaired) electrons. The Hall–Kier alpha value is -2.10. The number of hydrogen-bond acceptors (Lipinski definition) is 0. The average Bonchev–Trinajstić information content (AvgIpc) is 3.10. The number of rotatable bonds is 6. The minimum Gasteiger partial charge on any atom is -0.0587 e. The van der Waals surface area contributed by atoms with Crippen molar-refractivity contribution in [3.63, 3.8) is 0 Å². The van der Waals surface area contributed by atoms with Crippen LogP contribution >= 0.6 is 43.8 Å². The largest absolute Gasteiger partial charge is 0.0587 e.